The standard InChI is InChI=1S/C8H8N4OS/c1-14(13)8-11-6-2-3-10-4-5(6)7(9)12-8/h2-4H,1H3,(H2,9,11,12). The van der Waals surface area contributed by atoms with Gasteiger partial charge in [0.15, 0.2) is 0 Å². The average Bonchev–Trinajstić information content (AvgIpc) is 2.17. The zero-order valence-electron chi connectivity index (χ0n) is 7.47. The minimum atomic E-state index is -1.22. The van der Waals surface area contributed by atoms with E-state index in [1.807, 2.05) is 0 Å². The van der Waals surface area contributed by atoms with E-state index in [4.69, 9.17) is 5.73 Å². The summed E-state index contributed by atoms with van der Waals surface area (Å²) in [6, 6.07) is 1.71. The van der Waals surface area contributed by atoms with E-state index in [2.05, 4.69) is 15.0 Å². The zero-order valence-corrected chi connectivity index (χ0v) is 8.28. The lowest BCUT2D eigenvalue weighted by atomic mass is 10.3. The van der Waals surface area contributed by atoms with Crippen molar-refractivity contribution in [2.45, 2.75) is 5.16 Å². The molecule has 2 heterocycles. The minimum absolute atomic E-state index is 0.251. The summed E-state index contributed by atoms with van der Waals surface area (Å²) in [7, 11) is -1.22. The highest BCUT2D eigenvalue weighted by atomic mass is 32.2. The molecule has 2 N–H and O–H groups in total. The first kappa shape index (κ1) is 9.01. The summed E-state index contributed by atoms with van der Waals surface area (Å²) >= 11 is 0. The van der Waals surface area contributed by atoms with E-state index in [1.54, 1.807) is 18.5 Å². The molecule has 1 unspecified atom stereocenters. The van der Waals surface area contributed by atoms with Gasteiger partial charge in [0, 0.05) is 18.6 Å². The largest absolute Gasteiger partial charge is 0.383 e. The highest BCUT2D eigenvalue weighted by Gasteiger charge is 2.06. The smallest absolute Gasteiger partial charge is 0.220 e. The maximum Gasteiger partial charge on any atom is 0.220 e. The maximum atomic E-state index is 11.2. The quantitative estimate of drug-likeness (QED) is 0.683. The molecule has 72 valence electrons. The van der Waals surface area contributed by atoms with Crippen LogP contribution in [-0.4, -0.2) is 25.4 Å². The predicted molar refractivity (Wildman–Crippen MR) is 54.1 cm³/mol. The second-order valence-corrected chi connectivity index (χ2v) is 4.01. The summed E-state index contributed by atoms with van der Waals surface area (Å²) in [6.45, 7) is 0. The molecule has 5 nitrogen and oxygen atoms in total. The van der Waals surface area contributed by atoms with Gasteiger partial charge in [-0.25, -0.2) is 9.97 Å². The molecule has 0 spiro atoms. The monoisotopic (exact) mass is 208 g/mol. The number of hydrogen-bond acceptors (Lipinski definition) is 5. The SMILES string of the molecule is CS(=O)c1nc(N)c2cnccc2n1. The van der Waals surface area contributed by atoms with E-state index in [9.17, 15) is 4.21 Å². The Morgan fingerprint density at radius 1 is 1.43 bits per heavy atom. The van der Waals surface area contributed by atoms with E-state index in [0.717, 1.165) is 0 Å². The van der Waals surface area contributed by atoms with Gasteiger partial charge in [0.05, 0.1) is 21.7 Å². The van der Waals surface area contributed by atoms with Crippen molar-refractivity contribution in [2.24, 2.45) is 0 Å². The summed E-state index contributed by atoms with van der Waals surface area (Å²) in [5.41, 5.74) is 6.33. The molecule has 14 heavy (non-hydrogen) atoms. The van der Waals surface area contributed by atoms with Crippen LogP contribution in [0, 0.1) is 0 Å². The molecular weight excluding hydrogens is 200 g/mol. The van der Waals surface area contributed by atoms with Crippen LogP contribution in [0.15, 0.2) is 23.6 Å². The van der Waals surface area contributed by atoms with Crippen LogP contribution in [0.1, 0.15) is 0 Å². The van der Waals surface area contributed by atoms with E-state index in [0.29, 0.717) is 16.7 Å². The third-order valence-electron chi connectivity index (χ3n) is 1.76. The first-order valence-corrected chi connectivity index (χ1v) is 5.45. The predicted octanol–water partition coefficient (Wildman–Crippen LogP) is 0.344. The van der Waals surface area contributed by atoms with Crippen molar-refractivity contribution < 1.29 is 4.21 Å². The minimum Gasteiger partial charge on any atom is -0.383 e. The fourth-order valence-electron chi connectivity index (χ4n) is 1.10. The normalized spacial score (nSPS) is 12.9. The Morgan fingerprint density at radius 3 is 2.93 bits per heavy atom. The lowest BCUT2D eigenvalue weighted by molar-refractivity contribution is 0.680. The van der Waals surface area contributed by atoms with Gasteiger partial charge in [-0.2, -0.15) is 0 Å². The molecule has 0 bridgehead atoms. The Hall–Kier alpha value is -1.56. The molecule has 0 radical (unpaired) electrons. The van der Waals surface area contributed by atoms with Crippen LogP contribution in [0.5, 0.6) is 0 Å². The van der Waals surface area contributed by atoms with E-state index in [-0.39, 0.29) is 5.16 Å². The zero-order chi connectivity index (χ0) is 10.1. The molecule has 0 aliphatic carbocycles. The van der Waals surface area contributed by atoms with Gasteiger partial charge in [-0.3, -0.25) is 9.19 Å². The summed E-state index contributed by atoms with van der Waals surface area (Å²) in [6.07, 6.45) is 4.71. The molecule has 0 aromatic carbocycles. The van der Waals surface area contributed by atoms with Crippen molar-refractivity contribution in [3.8, 4) is 0 Å². The lowest BCUT2D eigenvalue weighted by Crippen LogP contribution is -2.02. The number of rotatable bonds is 1. The molecule has 0 fully saturated rings. The molecule has 0 saturated carbocycles. The lowest BCUT2D eigenvalue weighted by Gasteiger charge is -2.01. The van der Waals surface area contributed by atoms with Crippen molar-refractivity contribution in [2.75, 3.05) is 12.0 Å². The summed E-state index contributed by atoms with van der Waals surface area (Å²) in [5.74, 6) is 0.313. The molecule has 0 aliphatic heterocycles. The number of nitrogens with zero attached hydrogens (tertiary/aromatic N) is 3. The van der Waals surface area contributed by atoms with Gasteiger partial charge in [0.1, 0.15) is 5.82 Å². The Morgan fingerprint density at radius 2 is 2.21 bits per heavy atom. The third kappa shape index (κ3) is 1.44. The van der Waals surface area contributed by atoms with Gasteiger partial charge in [-0.1, -0.05) is 0 Å². The Kier molecular flexibility index (Phi) is 2.12. The van der Waals surface area contributed by atoms with Gasteiger partial charge in [-0.15, -0.1) is 0 Å². The van der Waals surface area contributed by atoms with Crippen molar-refractivity contribution in [1.29, 1.82) is 0 Å². The Labute approximate surface area is 82.9 Å². The molecule has 0 aliphatic rings. The van der Waals surface area contributed by atoms with Crippen LogP contribution in [-0.2, 0) is 10.8 Å². The van der Waals surface area contributed by atoms with Crippen molar-refractivity contribution in [1.82, 2.24) is 15.0 Å². The molecule has 2 aromatic rings. The van der Waals surface area contributed by atoms with Crippen LogP contribution >= 0.6 is 0 Å². The maximum absolute atomic E-state index is 11.2. The second-order valence-electron chi connectivity index (χ2n) is 2.74. The number of aromatic nitrogens is 3. The van der Waals surface area contributed by atoms with E-state index < -0.39 is 10.8 Å². The molecule has 2 aromatic heterocycles. The second kappa shape index (κ2) is 3.30. The molecule has 2 rings (SSSR count). The van der Waals surface area contributed by atoms with Crippen LogP contribution < -0.4 is 5.73 Å². The number of nitrogens with two attached hydrogens (primary N) is 1. The van der Waals surface area contributed by atoms with Crippen LogP contribution in [0.2, 0.25) is 0 Å². The number of anilines is 1. The Balaban J connectivity index is 2.78. The molecule has 6 heteroatoms. The van der Waals surface area contributed by atoms with Crippen molar-refractivity contribution >= 4 is 27.5 Å². The Bertz CT molecular complexity index is 514. The topological polar surface area (TPSA) is 81.8 Å². The first-order chi connectivity index (χ1) is 6.68. The molecular formula is C8H8N4OS. The highest BCUT2D eigenvalue weighted by molar-refractivity contribution is 7.84. The number of hydrogen-bond donors (Lipinski definition) is 1. The summed E-state index contributed by atoms with van der Waals surface area (Å²) < 4.78 is 11.2. The van der Waals surface area contributed by atoms with Crippen LogP contribution in [0.3, 0.4) is 0 Å². The summed E-state index contributed by atoms with van der Waals surface area (Å²) in [5, 5.41) is 0.933. The van der Waals surface area contributed by atoms with Gasteiger partial charge in [0.2, 0.25) is 5.16 Å². The van der Waals surface area contributed by atoms with Gasteiger partial charge < -0.3 is 5.73 Å². The van der Waals surface area contributed by atoms with E-state index >= 15 is 0 Å². The van der Waals surface area contributed by atoms with E-state index in [1.165, 1.54) is 6.26 Å². The van der Waals surface area contributed by atoms with Gasteiger partial charge in [-0.05, 0) is 6.07 Å². The van der Waals surface area contributed by atoms with Crippen LogP contribution in [0.25, 0.3) is 10.9 Å². The van der Waals surface area contributed by atoms with Crippen LogP contribution in [0.4, 0.5) is 5.82 Å². The fourth-order valence-corrected chi connectivity index (χ4v) is 1.56. The number of fused-ring (bicyclic) bond motifs is 1. The number of pyridine rings is 1. The van der Waals surface area contributed by atoms with Gasteiger partial charge >= 0.3 is 0 Å². The average molecular weight is 208 g/mol. The third-order valence-corrected chi connectivity index (χ3v) is 2.46. The summed E-state index contributed by atoms with van der Waals surface area (Å²) in [4.78, 5) is 11.9. The number of nitrogen functional groups attached to an aromatic ring is 1. The molecule has 0 saturated heterocycles. The fraction of sp³-hybridized carbons (Fsp3) is 0.125. The first-order valence-electron chi connectivity index (χ1n) is 3.89. The molecule has 1 atom stereocenters. The highest BCUT2D eigenvalue weighted by Crippen LogP contribution is 2.16. The van der Waals surface area contributed by atoms with Gasteiger partial charge in [0.25, 0.3) is 0 Å². The van der Waals surface area contributed by atoms with Crippen molar-refractivity contribution in [3.63, 3.8) is 0 Å². The van der Waals surface area contributed by atoms with Crippen molar-refractivity contribution in [3.05, 3.63) is 18.5 Å². The molecule has 0 amide bonds.